The van der Waals surface area contributed by atoms with Crippen molar-refractivity contribution in [3.8, 4) is 28.0 Å². The van der Waals surface area contributed by atoms with E-state index < -0.39 is 32.3 Å². The molecule has 0 fully saturated rings. The molecule has 3 aromatic carbocycles. The van der Waals surface area contributed by atoms with Gasteiger partial charge in [-0.1, -0.05) is 94.0 Å². The summed E-state index contributed by atoms with van der Waals surface area (Å²) in [7, 11) is -2.03. The lowest BCUT2D eigenvalue weighted by Crippen LogP contribution is -2.43. The van der Waals surface area contributed by atoms with Crippen molar-refractivity contribution in [1.82, 2.24) is 0 Å². The number of esters is 1. The molecule has 0 heterocycles. The Morgan fingerprint density at radius 1 is 0.825 bits per heavy atom. The largest absolute Gasteiger partial charge is 0.494 e. The summed E-state index contributed by atoms with van der Waals surface area (Å²) in [5, 5.41) is 9.41. The van der Waals surface area contributed by atoms with Crippen LogP contribution in [0.15, 0.2) is 72.8 Å². The molecular weight excluding hydrogens is 526 g/mol. The minimum absolute atomic E-state index is 0.0558. The molecule has 0 amide bonds. The van der Waals surface area contributed by atoms with Crippen molar-refractivity contribution in [3.63, 3.8) is 0 Å². The molecule has 0 atom stereocenters. The van der Waals surface area contributed by atoms with E-state index in [1.807, 2.05) is 48.5 Å². The highest BCUT2D eigenvalue weighted by atomic mass is 28.3. The number of benzene rings is 3. The van der Waals surface area contributed by atoms with Crippen molar-refractivity contribution in [2.75, 3.05) is 19.8 Å². The van der Waals surface area contributed by atoms with Crippen molar-refractivity contribution in [2.45, 2.75) is 58.2 Å². The van der Waals surface area contributed by atoms with Gasteiger partial charge in [-0.05, 0) is 53.3 Å². The summed E-state index contributed by atoms with van der Waals surface area (Å²) < 4.78 is 41.1. The van der Waals surface area contributed by atoms with Gasteiger partial charge >= 0.3 is 5.97 Å². The maximum atomic E-state index is 15.1. The Kier molecular flexibility index (Phi) is 11.6. The van der Waals surface area contributed by atoms with E-state index in [9.17, 15) is 4.79 Å². The minimum atomic E-state index is -2.03. The first-order chi connectivity index (χ1) is 19.2. The zero-order valence-corrected chi connectivity index (χ0v) is 24.8. The second-order valence-electron chi connectivity index (χ2n) is 10.7. The Hall–Kier alpha value is -3.29. The molecule has 0 aromatic heterocycles. The summed E-state index contributed by atoms with van der Waals surface area (Å²) in [6.45, 7) is 10.2. The number of hydrogen-bond acceptors (Lipinski definition) is 4. The van der Waals surface area contributed by atoms with E-state index in [1.165, 1.54) is 0 Å². The fourth-order valence-corrected chi connectivity index (χ4v) is 7.28. The molecule has 0 saturated carbocycles. The van der Waals surface area contributed by atoms with Crippen molar-refractivity contribution in [2.24, 2.45) is 0 Å². The molecule has 0 spiro atoms. The SMILES string of the molecule is C=C(CO)C(=O)OCCCCCOc1ccc(-c2ccc(-c3ccc([Si](C)(C)CCCC)c(F)c3F)cc2)cc1. The molecule has 0 aliphatic rings. The first kappa shape index (κ1) is 31.2. The summed E-state index contributed by atoms with van der Waals surface area (Å²) in [4.78, 5) is 11.4. The van der Waals surface area contributed by atoms with Crippen molar-refractivity contribution >= 4 is 19.2 Å². The van der Waals surface area contributed by atoms with E-state index in [0.717, 1.165) is 48.6 Å². The van der Waals surface area contributed by atoms with E-state index in [1.54, 1.807) is 12.1 Å². The summed E-state index contributed by atoms with van der Waals surface area (Å²) in [6.07, 6.45) is 4.45. The van der Waals surface area contributed by atoms with Crippen LogP contribution in [0.2, 0.25) is 19.1 Å². The summed E-state index contributed by atoms with van der Waals surface area (Å²) in [5.74, 6) is -1.27. The molecule has 0 aliphatic heterocycles. The van der Waals surface area contributed by atoms with Gasteiger partial charge in [0.2, 0.25) is 0 Å². The number of unbranched alkanes of at least 4 members (excludes halogenated alkanes) is 3. The number of rotatable bonds is 15. The van der Waals surface area contributed by atoms with Gasteiger partial charge in [0.15, 0.2) is 11.6 Å². The Bertz CT molecular complexity index is 1270. The van der Waals surface area contributed by atoms with Crippen LogP contribution in [-0.2, 0) is 9.53 Å². The third kappa shape index (κ3) is 8.35. The van der Waals surface area contributed by atoms with Gasteiger partial charge in [0, 0.05) is 5.56 Å². The summed E-state index contributed by atoms with van der Waals surface area (Å²) in [6, 6.07) is 19.7. The molecule has 1 N–H and O–H groups in total. The predicted molar refractivity (Wildman–Crippen MR) is 161 cm³/mol. The minimum Gasteiger partial charge on any atom is -0.494 e. The average molecular weight is 567 g/mol. The molecule has 3 aromatic rings. The van der Waals surface area contributed by atoms with Gasteiger partial charge < -0.3 is 14.6 Å². The zero-order chi connectivity index (χ0) is 29.1. The van der Waals surface area contributed by atoms with Crippen LogP contribution in [0, 0.1) is 11.6 Å². The van der Waals surface area contributed by atoms with Crippen LogP contribution in [-0.4, -0.2) is 39.0 Å². The Balaban J connectivity index is 1.53. The molecule has 0 bridgehead atoms. The number of ether oxygens (including phenoxy) is 2. The number of carbonyl (C=O) groups excluding carboxylic acids is 1. The van der Waals surface area contributed by atoms with Gasteiger partial charge in [0.05, 0.1) is 33.5 Å². The monoisotopic (exact) mass is 566 g/mol. The molecule has 0 unspecified atom stereocenters. The third-order valence-electron chi connectivity index (χ3n) is 7.12. The quantitative estimate of drug-likeness (QED) is 0.0888. The Labute approximate surface area is 237 Å². The lowest BCUT2D eigenvalue weighted by Gasteiger charge is -2.24. The number of aliphatic hydroxyl groups excluding tert-OH is 1. The van der Waals surface area contributed by atoms with Gasteiger partial charge in [-0.2, -0.15) is 0 Å². The first-order valence-corrected chi connectivity index (χ1v) is 17.2. The van der Waals surface area contributed by atoms with Gasteiger partial charge in [0.25, 0.3) is 0 Å². The van der Waals surface area contributed by atoms with Crippen LogP contribution < -0.4 is 9.92 Å². The fraction of sp³-hybridized carbons (Fsp3) is 0.364. The Morgan fingerprint density at radius 3 is 2.05 bits per heavy atom. The lowest BCUT2D eigenvalue weighted by atomic mass is 10.00. The normalized spacial score (nSPS) is 11.3. The highest BCUT2D eigenvalue weighted by molar-refractivity contribution is 6.89. The average Bonchev–Trinajstić information content (AvgIpc) is 2.96. The highest BCUT2D eigenvalue weighted by Gasteiger charge is 2.28. The zero-order valence-electron chi connectivity index (χ0n) is 23.8. The van der Waals surface area contributed by atoms with E-state index in [4.69, 9.17) is 14.6 Å². The van der Waals surface area contributed by atoms with Gasteiger partial charge in [-0.25, -0.2) is 13.6 Å². The lowest BCUT2D eigenvalue weighted by molar-refractivity contribution is -0.139. The second kappa shape index (κ2) is 14.9. The van der Waals surface area contributed by atoms with Crippen molar-refractivity contribution in [3.05, 3.63) is 84.5 Å². The molecule has 214 valence electrons. The van der Waals surface area contributed by atoms with Crippen LogP contribution >= 0.6 is 0 Å². The first-order valence-electron chi connectivity index (χ1n) is 14.0. The van der Waals surface area contributed by atoms with Crippen LogP contribution in [0.25, 0.3) is 22.3 Å². The standard InChI is InChI=1S/C33H40F2O4Si/c1-5-6-22-40(3,4)30-19-18-29(31(34)32(30)35)27-12-10-25(11-13-27)26-14-16-28(17-15-26)38-20-8-7-9-21-39-33(37)24(2)23-36/h10-19,36H,2,5-9,20-23H2,1,3-4H3. The molecule has 4 nitrogen and oxygen atoms in total. The summed E-state index contributed by atoms with van der Waals surface area (Å²) >= 11 is 0. The fourth-order valence-electron chi connectivity index (χ4n) is 4.54. The maximum absolute atomic E-state index is 15.1. The topological polar surface area (TPSA) is 55.8 Å². The highest BCUT2D eigenvalue weighted by Crippen LogP contribution is 2.29. The Morgan fingerprint density at radius 2 is 1.43 bits per heavy atom. The number of aliphatic hydroxyl groups is 1. The molecule has 0 aliphatic carbocycles. The number of carbonyl (C=O) groups is 1. The van der Waals surface area contributed by atoms with Crippen molar-refractivity contribution in [1.29, 1.82) is 0 Å². The van der Waals surface area contributed by atoms with Crippen LogP contribution in [0.1, 0.15) is 39.0 Å². The molecule has 0 saturated heterocycles. The van der Waals surface area contributed by atoms with Crippen molar-refractivity contribution < 1.29 is 28.2 Å². The molecule has 3 rings (SSSR count). The predicted octanol–water partition coefficient (Wildman–Crippen LogP) is 7.66. The van der Waals surface area contributed by atoms with E-state index in [2.05, 4.69) is 26.6 Å². The number of halogens is 2. The molecule has 40 heavy (non-hydrogen) atoms. The smallest absolute Gasteiger partial charge is 0.335 e. The second-order valence-corrected chi connectivity index (χ2v) is 15.5. The van der Waals surface area contributed by atoms with Crippen LogP contribution in [0.3, 0.4) is 0 Å². The molecule has 7 heteroatoms. The van der Waals surface area contributed by atoms with E-state index in [-0.39, 0.29) is 17.7 Å². The van der Waals surface area contributed by atoms with Crippen LogP contribution in [0.4, 0.5) is 8.78 Å². The molecular formula is C33H40F2O4Si. The van der Waals surface area contributed by atoms with E-state index >= 15 is 8.78 Å². The van der Waals surface area contributed by atoms with E-state index in [0.29, 0.717) is 23.8 Å². The number of hydrogen-bond donors (Lipinski definition) is 1. The third-order valence-corrected chi connectivity index (χ3v) is 10.6. The van der Waals surface area contributed by atoms with Gasteiger partial charge in [-0.3, -0.25) is 0 Å². The van der Waals surface area contributed by atoms with Gasteiger partial charge in [-0.15, -0.1) is 0 Å². The molecule has 0 radical (unpaired) electrons. The van der Waals surface area contributed by atoms with Crippen LogP contribution in [0.5, 0.6) is 5.75 Å². The maximum Gasteiger partial charge on any atom is 0.335 e. The van der Waals surface area contributed by atoms with Gasteiger partial charge in [0.1, 0.15) is 5.75 Å². The summed E-state index contributed by atoms with van der Waals surface area (Å²) in [5.41, 5.74) is 2.95.